The van der Waals surface area contributed by atoms with Crippen LogP contribution in [-0.4, -0.2) is 43.3 Å². The van der Waals surface area contributed by atoms with Crippen molar-refractivity contribution in [2.45, 2.75) is 25.8 Å². The van der Waals surface area contributed by atoms with Crippen LogP contribution in [0.2, 0.25) is 0 Å². The van der Waals surface area contributed by atoms with Crippen molar-refractivity contribution >= 4 is 5.97 Å². The van der Waals surface area contributed by atoms with Crippen LogP contribution in [0.25, 0.3) is 0 Å². The Morgan fingerprint density at radius 2 is 2.14 bits per heavy atom. The summed E-state index contributed by atoms with van der Waals surface area (Å²) in [4.78, 5) is 13.9. The van der Waals surface area contributed by atoms with E-state index in [4.69, 9.17) is 9.47 Å². The topological polar surface area (TPSA) is 59.0 Å². The van der Waals surface area contributed by atoms with Crippen LogP contribution in [0.4, 0.5) is 0 Å². The van der Waals surface area contributed by atoms with E-state index in [1.165, 1.54) is 0 Å². The molecule has 1 saturated heterocycles. The fourth-order valence-electron chi connectivity index (χ4n) is 3.00. The summed E-state index contributed by atoms with van der Waals surface area (Å²) in [6, 6.07) is 4.60. The number of likely N-dealkylation sites (tertiary alicyclic amines) is 1. The minimum atomic E-state index is -0.851. The van der Waals surface area contributed by atoms with Gasteiger partial charge in [-0.25, -0.2) is 0 Å². The first-order valence-corrected chi connectivity index (χ1v) is 7.25. The first kappa shape index (κ1) is 15.6. The highest BCUT2D eigenvalue weighted by atomic mass is 16.5. The van der Waals surface area contributed by atoms with Crippen molar-refractivity contribution in [2.75, 3.05) is 27.3 Å². The lowest BCUT2D eigenvalue weighted by molar-refractivity contribution is -0.144. The maximum Gasteiger partial charge on any atom is 0.325 e. The number of aliphatic carboxylic acids is 1. The van der Waals surface area contributed by atoms with E-state index >= 15 is 0 Å². The monoisotopic (exact) mass is 293 g/mol. The molecule has 2 atom stereocenters. The summed E-state index contributed by atoms with van der Waals surface area (Å²) >= 11 is 0. The number of carboxylic acid groups (broad SMARTS) is 1. The fourth-order valence-corrected chi connectivity index (χ4v) is 3.00. The summed E-state index contributed by atoms with van der Waals surface area (Å²) in [6.45, 7) is 3.74. The highest BCUT2D eigenvalue weighted by molar-refractivity contribution is 5.77. The third-order valence-corrected chi connectivity index (χ3v) is 4.02. The lowest BCUT2D eigenvalue weighted by atomic mass is 9.95. The van der Waals surface area contributed by atoms with E-state index in [2.05, 4.69) is 6.92 Å². The standard InChI is InChI=1S/C16H23NO4/c1-11-5-4-8-17(10-11)15(16(18)19)13-9-12(20-2)6-7-14(13)21-3/h6-7,9,11,15H,4-5,8,10H2,1-3H3,(H,18,19). The average molecular weight is 293 g/mol. The number of rotatable bonds is 5. The van der Waals surface area contributed by atoms with Crippen LogP contribution in [0.1, 0.15) is 31.4 Å². The summed E-state index contributed by atoms with van der Waals surface area (Å²) in [6.07, 6.45) is 2.18. The lowest BCUT2D eigenvalue weighted by Crippen LogP contribution is -2.40. The minimum absolute atomic E-state index is 0.511. The molecular formula is C16H23NO4. The van der Waals surface area contributed by atoms with Crippen LogP contribution < -0.4 is 9.47 Å². The van der Waals surface area contributed by atoms with E-state index in [0.717, 1.165) is 25.9 Å². The van der Waals surface area contributed by atoms with Gasteiger partial charge in [0.15, 0.2) is 0 Å². The van der Waals surface area contributed by atoms with E-state index in [1.54, 1.807) is 32.4 Å². The van der Waals surface area contributed by atoms with E-state index in [9.17, 15) is 9.90 Å². The number of hydrogen-bond acceptors (Lipinski definition) is 4. The van der Waals surface area contributed by atoms with Crippen LogP contribution in [0, 0.1) is 5.92 Å². The minimum Gasteiger partial charge on any atom is -0.497 e. The molecule has 0 saturated carbocycles. The van der Waals surface area contributed by atoms with Crippen molar-refractivity contribution in [1.29, 1.82) is 0 Å². The predicted octanol–water partition coefficient (Wildman–Crippen LogP) is 2.56. The molecule has 2 unspecified atom stereocenters. The molecule has 5 nitrogen and oxygen atoms in total. The second kappa shape index (κ2) is 6.80. The molecule has 1 aromatic carbocycles. The molecule has 21 heavy (non-hydrogen) atoms. The van der Waals surface area contributed by atoms with Crippen LogP contribution in [0.3, 0.4) is 0 Å². The summed E-state index contributed by atoms with van der Waals surface area (Å²) in [5.74, 6) is 0.886. The summed E-state index contributed by atoms with van der Waals surface area (Å²) in [5, 5.41) is 9.71. The highest BCUT2D eigenvalue weighted by Gasteiger charge is 2.32. The molecular weight excluding hydrogens is 270 g/mol. The van der Waals surface area contributed by atoms with Crippen LogP contribution >= 0.6 is 0 Å². The molecule has 0 radical (unpaired) electrons. The lowest BCUT2D eigenvalue weighted by Gasteiger charge is -2.35. The normalized spacial score (nSPS) is 20.8. The average Bonchev–Trinajstić information content (AvgIpc) is 2.47. The zero-order chi connectivity index (χ0) is 15.4. The smallest absolute Gasteiger partial charge is 0.325 e. The Balaban J connectivity index is 2.39. The van der Waals surface area contributed by atoms with Gasteiger partial charge in [-0.15, -0.1) is 0 Å². The molecule has 1 aromatic rings. The summed E-state index contributed by atoms with van der Waals surface area (Å²) in [5.41, 5.74) is 0.651. The van der Waals surface area contributed by atoms with E-state index in [0.29, 0.717) is 23.0 Å². The van der Waals surface area contributed by atoms with Gasteiger partial charge in [0.25, 0.3) is 0 Å². The van der Waals surface area contributed by atoms with Gasteiger partial charge in [0.1, 0.15) is 17.5 Å². The number of carbonyl (C=O) groups is 1. The van der Waals surface area contributed by atoms with Crippen LogP contribution in [0.15, 0.2) is 18.2 Å². The van der Waals surface area contributed by atoms with Gasteiger partial charge in [-0.05, 0) is 43.5 Å². The molecule has 0 bridgehead atoms. The molecule has 5 heteroatoms. The van der Waals surface area contributed by atoms with E-state index in [1.807, 2.05) is 4.90 Å². The van der Waals surface area contributed by atoms with E-state index in [-0.39, 0.29) is 0 Å². The quantitative estimate of drug-likeness (QED) is 0.904. The molecule has 1 aliphatic rings. The summed E-state index contributed by atoms with van der Waals surface area (Å²) < 4.78 is 10.6. The predicted molar refractivity (Wildman–Crippen MR) is 79.9 cm³/mol. The second-order valence-electron chi connectivity index (χ2n) is 5.59. The number of nitrogens with zero attached hydrogens (tertiary/aromatic N) is 1. The zero-order valence-corrected chi connectivity index (χ0v) is 12.8. The number of methoxy groups -OCH3 is 2. The van der Waals surface area contributed by atoms with Crippen LogP contribution in [-0.2, 0) is 4.79 Å². The largest absolute Gasteiger partial charge is 0.497 e. The highest BCUT2D eigenvalue weighted by Crippen LogP contribution is 2.35. The Bertz CT molecular complexity index is 503. The molecule has 0 aliphatic carbocycles. The van der Waals surface area contributed by atoms with Gasteiger partial charge in [0, 0.05) is 12.1 Å². The number of piperidine rings is 1. The molecule has 116 valence electrons. The molecule has 1 N–H and O–H groups in total. The Morgan fingerprint density at radius 3 is 2.71 bits per heavy atom. The van der Waals surface area contributed by atoms with Gasteiger partial charge in [-0.2, -0.15) is 0 Å². The molecule has 1 heterocycles. The molecule has 2 rings (SSSR count). The van der Waals surface area contributed by atoms with Gasteiger partial charge in [0.05, 0.1) is 14.2 Å². The van der Waals surface area contributed by atoms with Gasteiger partial charge < -0.3 is 14.6 Å². The third-order valence-electron chi connectivity index (χ3n) is 4.02. The first-order valence-electron chi connectivity index (χ1n) is 7.25. The van der Waals surface area contributed by atoms with Crippen molar-refractivity contribution in [2.24, 2.45) is 5.92 Å². The van der Waals surface area contributed by atoms with Crippen molar-refractivity contribution in [3.63, 3.8) is 0 Å². The van der Waals surface area contributed by atoms with Gasteiger partial charge in [0.2, 0.25) is 0 Å². The van der Waals surface area contributed by atoms with Gasteiger partial charge >= 0.3 is 5.97 Å². The van der Waals surface area contributed by atoms with Gasteiger partial charge in [-0.3, -0.25) is 9.69 Å². The number of ether oxygens (including phenoxy) is 2. The Hall–Kier alpha value is -1.75. The van der Waals surface area contributed by atoms with E-state index < -0.39 is 12.0 Å². The molecule has 1 fully saturated rings. The Kier molecular flexibility index (Phi) is 5.07. The Morgan fingerprint density at radius 1 is 1.38 bits per heavy atom. The zero-order valence-electron chi connectivity index (χ0n) is 12.8. The van der Waals surface area contributed by atoms with Crippen molar-refractivity contribution < 1.29 is 19.4 Å². The van der Waals surface area contributed by atoms with Crippen molar-refractivity contribution in [3.8, 4) is 11.5 Å². The summed E-state index contributed by atoms with van der Waals surface area (Å²) in [7, 11) is 3.13. The van der Waals surface area contributed by atoms with Gasteiger partial charge in [-0.1, -0.05) is 6.92 Å². The molecule has 1 aliphatic heterocycles. The SMILES string of the molecule is COc1ccc(OC)c(C(C(=O)O)N2CCCC(C)C2)c1. The molecule has 0 aromatic heterocycles. The molecule has 0 spiro atoms. The third kappa shape index (κ3) is 3.47. The maximum absolute atomic E-state index is 11.8. The van der Waals surface area contributed by atoms with Crippen molar-refractivity contribution in [3.05, 3.63) is 23.8 Å². The Labute approximate surface area is 125 Å². The van der Waals surface area contributed by atoms with Crippen LogP contribution in [0.5, 0.6) is 11.5 Å². The number of benzene rings is 1. The first-order chi connectivity index (χ1) is 10.1. The second-order valence-corrected chi connectivity index (χ2v) is 5.59. The van der Waals surface area contributed by atoms with Crippen molar-refractivity contribution in [1.82, 2.24) is 4.90 Å². The molecule has 0 amide bonds. The maximum atomic E-state index is 11.8. The fraction of sp³-hybridized carbons (Fsp3) is 0.562. The number of carboxylic acids is 1. The number of hydrogen-bond donors (Lipinski definition) is 1.